The molecule has 2 aromatic rings. The maximum Gasteiger partial charge on any atom is 0.336 e. The van der Waals surface area contributed by atoms with Crippen LogP contribution in [-0.2, 0) is 38.5 Å². The van der Waals surface area contributed by atoms with E-state index in [9.17, 15) is 14.4 Å². The second-order valence-electron chi connectivity index (χ2n) is 8.52. The van der Waals surface area contributed by atoms with Crippen molar-refractivity contribution >= 4 is 29.2 Å². The van der Waals surface area contributed by atoms with Crippen molar-refractivity contribution in [3.8, 4) is 0 Å². The zero-order chi connectivity index (χ0) is 26.0. The Labute approximate surface area is 206 Å². The molecule has 2 aromatic heterocycles. The van der Waals surface area contributed by atoms with Gasteiger partial charge < -0.3 is 35.0 Å². The molecule has 194 valence electrons. The van der Waals surface area contributed by atoms with Gasteiger partial charge in [0.1, 0.15) is 5.76 Å². The fraction of sp³-hybridized carbons (Fsp3) is 0.565. The molecular weight excluding hydrogens is 480 g/mol. The Bertz CT molecular complexity index is 971. The van der Waals surface area contributed by atoms with Crippen molar-refractivity contribution < 1.29 is 44.1 Å². The Hall–Kier alpha value is -2.80. The van der Waals surface area contributed by atoms with E-state index in [2.05, 4.69) is 29.5 Å². The number of carbonyl (C=O) groups is 3. The lowest BCUT2D eigenvalue weighted by atomic mass is 9.96. The maximum absolute atomic E-state index is 10.3. The monoisotopic (exact) mass is 512 g/mol. The summed E-state index contributed by atoms with van der Waals surface area (Å²) in [5.74, 6) is -3.60. The molecule has 1 saturated heterocycles. The minimum absolute atomic E-state index is 0.391. The lowest BCUT2D eigenvalue weighted by Crippen LogP contribution is -2.42. The van der Waals surface area contributed by atoms with E-state index in [4.69, 9.17) is 29.7 Å². The number of hydrogen-bond acceptors (Lipinski definition) is 9. The summed E-state index contributed by atoms with van der Waals surface area (Å²) in [5.41, 5.74) is -1.79. The number of hydrogen-bond donors (Lipinski definition) is 5. The number of ether oxygens (including phenoxy) is 1. The van der Waals surface area contributed by atoms with E-state index in [0.29, 0.717) is 12.0 Å². The van der Waals surface area contributed by atoms with Crippen LogP contribution in [0.25, 0.3) is 0 Å². The van der Waals surface area contributed by atoms with E-state index in [1.54, 1.807) is 0 Å². The quantitative estimate of drug-likeness (QED) is 0.281. The third kappa shape index (κ3) is 9.40. The summed E-state index contributed by atoms with van der Waals surface area (Å²) in [6.45, 7) is 6.68. The molecule has 0 bridgehead atoms. The Morgan fingerprint density at radius 1 is 1.14 bits per heavy atom. The molecule has 5 N–H and O–H groups in total. The summed E-state index contributed by atoms with van der Waals surface area (Å²) in [4.78, 5) is 33.4. The first-order chi connectivity index (χ1) is 16.5. The molecule has 0 aliphatic carbocycles. The first-order valence-corrected chi connectivity index (χ1v) is 12.0. The average molecular weight is 513 g/mol. The zero-order valence-corrected chi connectivity index (χ0v) is 20.5. The molecular formula is C23H32N2O9S. The number of aliphatic hydroxyl groups is 1. The molecule has 0 saturated carbocycles. The van der Waals surface area contributed by atoms with Gasteiger partial charge in [0.2, 0.25) is 0 Å². The van der Waals surface area contributed by atoms with Crippen molar-refractivity contribution in [2.45, 2.75) is 64.1 Å². The largest absolute Gasteiger partial charge is 0.481 e. The molecule has 12 heteroatoms. The van der Waals surface area contributed by atoms with E-state index in [0.717, 1.165) is 37.6 Å². The second kappa shape index (κ2) is 13.3. The van der Waals surface area contributed by atoms with Crippen molar-refractivity contribution in [1.29, 1.82) is 0 Å². The first-order valence-electron chi connectivity index (χ1n) is 11.2. The van der Waals surface area contributed by atoms with Crippen LogP contribution < -0.4 is 5.32 Å². The summed E-state index contributed by atoms with van der Waals surface area (Å²) < 4.78 is 11.0. The third-order valence-corrected chi connectivity index (χ3v) is 6.52. The van der Waals surface area contributed by atoms with Crippen molar-refractivity contribution in [3.05, 3.63) is 39.4 Å². The molecule has 0 unspecified atom stereocenters. The minimum Gasteiger partial charge on any atom is -0.481 e. The van der Waals surface area contributed by atoms with Crippen LogP contribution >= 0.6 is 11.3 Å². The number of aryl methyl sites for hydroxylation is 2. The number of nitrogens with zero attached hydrogens (tertiary/aromatic N) is 1. The average Bonchev–Trinajstić information content (AvgIpc) is 3.48. The fourth-order valence-corrected chi connectivity index (χ4v) is 4.71. The predicted molar refractivity (Wildman–Crippen MR) is 125 cm³/mol. The normalized spacial score (nSPS) is 17.6. The van der Waals surface area contributed by atoms with Gasteiger partial charge >= 0.3 is 17.9 Å². The highest BCUT2D eigenvalue weighted by molar-refractivity contribution is 7.11. The summed E-state index contributed by atoms with van der Waals surface area (Å²) in [5, 5.41) is 41.4. The number of thiophene rings is 1. The number of aliphatic carboxylic acids is 3. The van der Waals surface area contributed by atoms with Crippen LogP contribution in [0.4, 0.5) is 0 Å². The maximum atomic E-state index is 10.3. The number of carboxylic acid groups (broad SMARTS) is 3. The molecule has 0 aromatic carbocycles. The highest BCUT2D eigenvalue weighted by Gasteiger charge is 2.40. The van der Waals surface area contributed by atoms with Gasteiger partial charge in [-0.25, -0.2) is 4.79 Å². The van der Waals surface area contributed by atoms with E-state index < -0.39 is 36.4 Å². The van der Waals surface area contributed by atoms with Crippen LogP contribution in [0.15, 0.2) is 22.7 Å². The fourth-order valence-electron chi connectivity index (χ4n) is 3.64. The summed E-state index contributed by atoms with van der Waals surface area (Å²) in [6, 6.07) is 6.91. The van der Waals surface area contributed by atoms with Crippen molar-refractivity contribution in [2.24, 2.45) is 5.92 Å². The second-order valence-corrected chi connectivity index (χ2v) is 9.77. The van der Waals surface area contributed by atoms with Gasteiger partial charge in [0.05, 0.1) is 31.7 Å². The van der Waals surface area contributed by atoms with Crippen molar-refractivity contribution in [2.75, 3.05) is 13.2 Å². The van der Waals surface area contributed by atoms with Crippen LogP contribution in [0.1, 0.15) is 47.4 Å². The lowest BCUT2D eigenvalue weighted by Gasteiger charge is -2.18. The molecule has 11 nitrogen and oxygen atoms in total. The van der Waals surface area contributed by atoms with E-state index >= 15 is 0 Å². The van der Waals surface area contributed by atoms with Crippen LogP contribution in [0.3, 0.4) is 0 Å². The number of nitrogens with one attached hydrogen (secondary N) is 1. The standard InChI is InChI=1S/C17H24N2O2S.C6H8O7/c1-3-4-15-5-6-16(22-15)9-18-17-11-20-10-13(17)8-14-7-12(2)19-21-14;7-3(8)1-6(13,5(11)12)2-4(9)10/h5-7,13,17-18H,3-4,8-11H2,1-2H3;13H,1-2H2,(H,7,8)(H,9,10)(H,11,12)/t13-,17-;/m1./s1. The number of carboxylic acids is 3. The van der Waals surface area contributed by atoms with Crippen LogP contribution in [0, 0.1) is 12.8 Å². The van der Waals surface area contributed by atoms with Gasteiger partial charge in [0, 0.05) is 40.7 Å². The lowest BCUT2D eigenvalue weighted by molar-refractivity contribution is -0.170. The smallest absolute Gasteiger partial charge is 0.336 e. The van der Waals surface area contributed by atoms with Crippen LogP contribution in [0.5, 0.6) is 0 Å². The van der Waals surface area contributed by atoms with E-state index in [1.165, 1.54) is 22.6 Å². The highest BCUT2D eigenvalue weighted by atomic mass is 32.1. The number of rotatable bonds is 12. The summed E-state index contributed by atoms with van der Waals surface area (Å²) in [6.07, 6.45) is 1.00. The molecule has 2 atom stereocenters. The van der Waals surface area contributed by atoms with E-state index in [-0.39, 0.29) is 0 Å². The van der Waals surface area contributed by atoms with Gasteiger partial charge in [0.25, 0.3) is 0 Å². The third-order valence-electron chi connectivity index (χ3n) is 5.38. The van der Waals surface area contributed by atoms with Gasteiger partial charge in [-0.3, -0.25) is 9.59 Å². The SMILES string of the molecule is CCCc1ccc(CN[C@@H]2COC[C@H]2Cc2cc(C)no2)s1.O=C(O)CC(O)(CC(=O)O)C(=O)O. The summed E-state index contributed by atoms with van der Waals surface area (Å²) in [7, 11) is 0. The van der Waals surface area contributed by atoms with Gasteiger partial charge in [-0.15, -0.1) is 11.3 Å². The molecule has 0 radical (unpaired) electrons. The van der Waals surface area contributed by atoms with Gasteiger partial charge in [-0.2, -0.15) is 0 Å². The molecule has 35 heavy (non-hydrogen) atoms. The van der Waals surface area contributed by atoms with Gasteiger partial charge in [0.15, 0.2) is 5.60 Å². The molecule has 0 spiro atoms. The molecule has 3 rings (SSSR count). The Morgan fingerprint density at radius 3 is 2.34 bits per heavy atom. The van der Waals surface area contributed by atoms with Crippen LogP contribution in [-0.4, -0.2) is 68.3 Å². The molecule has 1 aliphatic heterocycles. The molecule has 1 fully saturated rings. The highest BCUT2D eigenvalue weighted by Crippen LogP contribution is 2.22. The van der Waals surface area contributed by atoms with E-state index in [1.807, 2.05) is 24.3 Å². The Morgan fingerprint density at radius 2 is 1.80 bits per heavy atom. The predicted octanol–water partition coefficient (Wildman–Crippen LogP) is 2.10. The minimum atomic E-state index is -2.74. The van der Waals surface area contributed by atoms with Gasteiger partial charge in [-0.1, -0.05) is 18.5 Å². The van der Waals surface area contributed by atoms with Gasteiger partial charge in [-0.05, 0) is 25.5 Å². The molecule has 3 heterocycles. The number of aromatic nitrogens is 1. The molecule has 0 amide bonds. The molecule has 1 aliphatic rings. The van der Waals surface area contributed by atoms with Crippen molar-refractivity contribution in [1.82, 2.24) is 10.5 Å². The topological polar surface area (TPSA) is 179 Å². The zero-order valence-electron chi connectivity index (χ0n) is 19.7. The Kier molecular flexibility index (Phi) is 10.8. The summed E-state index contributed by atoms with van der Waals surface area (Å²) >= 11 is 1.92. The Balaban J connectivity index is 0.000000287. The van der Waals surface area contributed by atoms with Crippen molar-refractivity contribution in [3.63, 3.8) is 0 Å². The van der Waals surface area contributed by atoms with Crippen LogP contribution in [0.2, 0.25) is 0 Å². The first kappa shape index (κ1) is 28.4.